The Morgan fingerprint density at radius 2 is 1.67 bits per heavy atom. The molecule has 2 N–H and O–H groups in total. The first kappa shape index (κ1) is 18.1. The number of hydrogen-bond acceptors (Lipinski definition) is 4. The van der Waals surface area contributed by atoms with Crippen LogP contribution in [0.1, 0.15) is 6.92 Å². The fourth-order valence-corrected chi connectivity index (χ4v) is 3.07. The van der Waals surface area contributed by atoms with E-state index < -0.39 is 16.1 Å². The summed E-state index contributed by atoms with van der Waals surface area (Å²) in [6, 6.07) is 12.1. The van der Waals surface area contributed by atoms with Crippen LogP contribution < -0.4 is 14.8 Å². The fraction of sp³-hybridized carbons (Fsp3) is 0.188. The number of nitrogens with one attached hydrogen (secondary N) is 2. The Morgan fingerprint density at radius 3 is 2.21 bits per heavy atom. The lowest BCUT2D eigenvalue weighted by atomic mass is 10.3. The van der Waals surface area contributed by atoms with Crippen molar-refractivity contribution in [2.45, 2.75) is 17.9 Å². The van der Waals surface area contributed by atoms with Crippen LogP contribution in [0.15, 0.2) is 53.4 Å². The van der Waals surface area contributed by atoms with Gasteiger partial charge in [-0.15, -0.1) is 0 Å². The van der Waals surface area contributed by atoms with E-state index in [4.69, 9.17) is 16.3 Å². The highest BCUT2D eigenvalue weighted by molar-refractivity contribution is 7.92. The van der Waals surface area contributed by atoms with Gasteiger partial charge in [0, 0.05) is 17.8 Å². The number of anilines is 1. The molecule has 0 radical (unpaired) electrons. The molecule has 24 heavy (non-hydrogen) atoms. The van der Waals surface area contributed by atoms with Crippen LogP contribution >= 0.6 is 11.6 Å². The van der Waals surface area contributed by atoms with Gasteiger partial charge >= 0.3 is 0 Å². The van der Waals surface area contributed by atoms with E-state index in [1.807, 2.05) is 0 Å². The van der Waals surface area contributed by atoms with E-state index in [2.05, 4.69) is 10.0 Å². The summed E-state index contributed by atoms with van der Waals surface area (Å²) in [4.78, 5) is 11.5. The van der Waals surface area contributed by atoms with Crippen molar-refractivity contribution in [3.63, 3.8) is 0 Å². The Bertz CT molecular complexity index is 805. The first-order valence-electron chi connectivity index (χ1n) is 7.08. The summed E-state index contributed by atoms with van der Waals surface area (Å²) in [5.74, 6) is 0.132. The van der Waals surface area contributed by atoms with Gasteiger partial charge in [-0.2, -0.15) is 0 Å². The Balaban J connectivity index is 2.11. The molecule has 0 fully saturated rings. The normalized spacial score (nSPS) is 12.3. The third kappa shape index (κ3) is 4.62. The van der Waals surface area contributed by atoms with E-state index in [9.17, 15) is 13.2 Å². The zero-order valence-corrected chi connectivity index (χ0v) is 14.7. The molecular formula is C16H17ClN2O4S. The van der Waals surface area contributed by atoms with E-state index in [1.165, 1.54) is 31.3 Å². The van der Waals surface area contributed by atoms with Crippen LogP contribution in [0.25, 0.3) is 0 Å². The maximum Gasteiger partial charge on any atom is 0.261 e. The van der Waals surface area contributed by atoms with Gasteiger partial charge < -0.3 is 10.1 Å². The number of benzene rings is 2. The van der Waals surface area contributed by atoms with Gasteiger partial charge in [0.15, 0.2) is 6.10 Å². The smallest absolute Gasteiger partial charge is 0.261 e. The molecule has 0 saturated carbocycles. The zero-order valence-electron chi connectivity index (χ0n) is 13.1. The van der Waals surface area contributed by atoms with Gasteiger partial charge in [0.2, 0.25) is 0 Å². The van der Waals surface area contributed by atoms with Crippen molar-refractivity contribution >= 4 is 33.2 Å². The minimum atomic E-state index is -3.72. The van der Waals surface area contributed by atoms with Crippen LogP contribution in [0.3, 0.4) is 0 Å². The monoisotopic (exact) mass is 368 g/mol. The first-order chi connectivity index (χ1) is 11.3. The number of hydrogen-bond donors (Lipinski definition) is 2. The second kappa shape index (κ2) is 7.55. The van der Waals surface area contributed by atoms with Crippen molar-refractivity contribution in [3.8, 4) is 5.75 Å². The number of rotatable bonds is 6. The summed E-state index contributed by atoms with van der Waals surface area (Å²) in [6.45, 7) is 1.60. The average molecular weight is 369 g/mol. The zero-order chi connectivity index (χ0) is 17.7. The molecule has 0 unspecified atom stereocenters. The Labute approximate surface area is 145 Å². The number of ether oxygens (including phenoxy) is 1. The van der Waals surface area contributed by atoms with Gasteiger partial charge in [-0.1, -0.05) is 11.6 Å². The second-order valence-electron chi connectivity index (χ2n) is 4.96. The van der Waals surface area contributed by atoms with Gasteiger partial charge in [0.1, 0.15) is 5.75 Å². The summed E-state index contributed by atoms with van der Waals surface area (Å²) >= 11 is 5.77. The van der Waals surface area contributed by atoms with Crippen LogP contribution in [0.4, 0.5) is 5.69 Å². The largest absolute Gasteiger partial charge is 0.481 e. The highest BCUT2D eigenvalue weighted by atomic mass is 35.5. The molecular weight excluding hydrogens is 352 g/mol. The SMILES string of the molecule is CNC(=O)[C@@H](C)Oc1ccc(S(=O)(=O)Nc2ccc(Cl)cc2)cc1. The molecule has 1 amide bonds. The highest BCUT2D eigenvalue weighted by Gasteiger charge is 2.16. The molecule has 2 aromatic carbocycles. The molecule has 1 atom stereocenters. The highest BCUT2D eigenvalue weighted by Crippen LogP contribution is 2.21. The number of likely N-dealkylation sites (N-methyl/N-ethyl adjacent to an activating group) is 1. The van der Waals surface area contributed by atoms with Crippen molar-refractivity contribution in [1.82, 2.24) is 5.32 Å². The van der Waals surface area contributed by atoms with E-state index in [-0.39, 0.29) is 10.8 Å². The Kier molecular flexibility index (Phi) is 5.69. The molecule has 0 bridgehead atoms. The third-order valence-corrected chi connectivity index (χ3v) is 4.81. The van der Waals surface area contributed by atoms with E-state index >= 15 is 0 Å². The molecule has 0 aliphatic heterocycles. The molecule has 128 valence electrons. The molecule has 0 heterocycles. The molecule has 0 aromatic heterocycles. The molecule has 0 aliphatic rings. The Morgan fingerprint density at radius 1 is 1.08 bits per heavy atom. The van der Waals surface area contributed by atoms with Crippen molar-refractivity contribution < 1.29 is 17.9 Å². The minimum absolute atomic E-state index is 0.0809. The van der Waals surface area contributed by atoms with Crippen molar-refractivity contribution in [2.24, 2.45) is 0 Å². The summed E-state index contributed by atoms with van der Waals surface area (Å²) in [7, 11) is -2.21. The van der Waals surface area contributed by atoms with Gasteiger partial charge in [-0.3, -0.25) is 9.52 Å². The van der Waals surface area contributed by atoms with Gasteiger partial charge in [-0.25, -0.2) is 8.42 Å². The molecule has 0 aliphatic carbocycles. The summed E-state index contributed by atoms with van der Waals surface area (Å²) in [5, 5.41) is 2.99. The van der Waals surface area contributed by atoms with Crippen LogP contribution in [0.5, 0.6) is 5.75 Å². The number of amides is 1. The molecule has 0 spiro atoms. The van der Waals surface area contributed by atoms with Crippen LogP contribution in [0, 0.1) is 0 Å². The van der Waals surface area contributed by atoms with Crippen LogP contribution in [-0.4, -0.2) is 27.5 Å². The quantitative estimate of drug-likeness (QED) is 0.820. The molecule has 2 rings (SSSR count). The average Bonchev–Trinajstić information content (AvgIpc) is 2.56. The summed E-state index contributed by atoms with van der Waals surface area (Å²) in [5.41, 5.74) is 0.410. The maximum absolute atomic E-state index is 12.3. The number of halogens is 1. The molecule has 8 heteroatoms. The summed E-state index contributed by atoms with van der Waals surface area (Å²) < 4.78 is 32.5. The minimum Gasteiger partial charge on any atom is -0.481 e. The van der Waals surface area contributed by atoms with E-state index in [1.54, 1.807) is 31.2 Å². The van der Waals surface area contributed by atoms with Crippen molar-refractivity contribution in [1.29, 1.82) is 0 Å². The predicted molar refractivity (Wildman–Crippen MR) is 92.9 cm³/mol. The number of sulfonamides is 1. The third-order valence-electron chi connectivity index (χ3n) is 3.16. The first-order valence-corrected chi connectivity index (χ1v) is 8.94. The topological polar surface area (TPSA) is 84.5 Å². The van der Waals surface area contributed by atoms with Crippen LogP contribution in [-0.2, 0) is 14.8 Å². The van der Waals surface area contributed by atoms with Gasteiger partial charge in [0.05, 0.1) is 4.90 Å². The number of carbonyl (C=O) groups excluding carboxylic acids is 1. The fourth-order valence-electron chi connectivity index (χ4n) is 1.89. The van der Waals surface area contributed by atoms with Crippen LogP contribution in [0.2, 0.25) is 5.02 Å². The van der Waals surface area contributed by atoms with Crippen molar-refractivity contribution in [3.05, 3.63) is 53.6 Å². The lowest BCUT2D eigenvalue weighted by molar-refractivity contribution is -0.126. The molecule has 0 saturated heterocycles. The molecule has 6 nitrogen and oxygen atoms in total. The summed E-state index contributed by atoms with van der Waals surface area (Å²) in [6.07, 6.45) is -0.676. The number of carbonyl (C=O) groups is 1. The maximum atomic E-state index is 12.3. The lowest BCUT2D eigenvalue weighted by Gasteiger charge is -2.13. The molecule has 2 aromatic rings. The Hall–Kier alpha value is -2.25. The van der Waals surface area contributed by atoms with Gasteiger partial charge in [0.25, 0.3) is 15.9 Å². The second-order valence-corrected chi connectivity index (χ2v) is 7.08. The van der Waals surface area contributed by atoms with E-state index in [0.29, 0.717) is 16.5 Å². The predicted octanol–water partition coefficient (Wildman–Crippen LogP) is 2.65. The lowest BCUT2D eigenvalue weighted by Crippen LogP contribution is -2.33. The van der Waals surface area contributed by atoms with Gasteiger partial charge in [-0.05, 0) is 55.5 Å². The van der Waals surface area contributed by atoms with E-state index in [0.717, 1.165) is 0 Å². The van der Waals surface area contributed by atoms with Crippen molar-refractivity contribution in [2.75, 3.05) is 11.8 Å². The standard InChI is InChI=1S/C16H17ClN2O4S/c1-11(16(20)18-2)23-14-7-9-15(10-8-14)24(21,22)19-13-5-3-12(17)4-6-13/h3-11,19H,1-2H3,(H,18,20)/t11-/m1/s1.